The van der Waals surface area contributed by atoms with Crippen molar-refractivity contribution in [3.05, 3.63) is 54.5 Å². The molecule has 0 fully saturated rings. The van der Waals surface area contributed by atoms with Crippen LogP contribution in [-0.4, -0.2) is 27.2 Å². The molecule has 0 bridgehead atoms. The summed E-state index contributed by atoms with van der Waals surface area (Å²) in [6.07, 6.45) is 7.27. The Bertz CT molecular complexity index is 927. The fourth-order valence-electron chi connectivity index (χ4n) is 2.69. The number of furan rings is 1. The number of unbranched alkanes of at least 4 members (excludes halogenated alkanes) is 1. The van der Waals surface area contributed by atoms with Crippen molar-refractivity contribution in [2.24, 2.45) is 0 Å². The van der Waals surface area contributed by atoms with Crippen molar-refractivity contribution in [3.8, 4) is 17.1 Å². The Morgan fingerprint density at radius 2 is 2.11 bits per heavy atom. The van der Waals surface area contributed by atoms with Crippen LogP contribution in [0.4, 0.5) is 5.69 Å². The lowest BCUT2D eigenvalue weighted by atomic mass is 10.1. The third kappa shape index (κ3) is 4.14. The predicted octanol–water partition coefficient (Wildman–Crippen LogP) is 4.87. The molecule has 2 aromatic heterocycles. The molecule has 0 saturated carbocycles. The summed E-state index contributed by atoms with van der Waals surface area (Å²) in [6, 6.07) is 11.7. The molecule has 1 atom stereocenters. The van der Waals surface area contributed by atoms with Crippen LogP contribution >= 0.6 is 11.8 Å². The Hall–Kier alpha value is -2.80. The quantitative estimate of drug-likeness (QED) is 0.483. The zero-order valence-electron chi connectivity index (χ0n) is 15.0. The normalized spacial score (nSPS) is 15.5. The number of para-hydroxylation sites is 1. The second-order valence-electron chi connectivity index (χ2n) is 6.05. The van der Waals surface area contributed by atoms with Gasteiger partial charge in [-0.3, -0.25) is 0 Å². The maximum atomic E-state index is 6.12. The number of ether oxygens (including phenoxy) is 1. The topological polar surface area (TPSA) is 73.1 Å². The number of anilines is 1. The molecule has 1 aliphatic rings. The molecule has 0 unspecified atom stereocenters. The molecule has 3 aromatic rings. The molecule has 7 heteroatoms. The van der Waals surface area contributed by atoms with Gasteiger partial charge in [0.05, 0.1) is 6.26 Å². The van der Waals surface area contributed by atoms with E-state index in [1.807, 2.05) is 48.6 Å². The average Bonchev–Trinajstić information content (AvgIpc) is 3.15. The van der Waals surface area contributed by atoms with E-state index in [1.165, 1.54) is 0 Å². The van der Waals surface area contributed by atoms with Gasteiger partial charge >= 0.3 is 0 Å². The first-order chi connectivity index (χ1) is 13.3. The molecule has 3 heterocycles. The van der Waals surface area contributed by atoms with Crippen molar-refractivity contribution in [1.82, 2.24) is 15.2 Å². The summed E-state index contributed by atoms with van der Waals surface area (Å²) in [7, 11) is 0. The van der Waals surface area contributed by atoms with E-state index < -0.39 is 6.23 Å². The molecular formula is C20H20N4O2S. The summed E-state index contributed by atoms with van der Waals surface area (Å²) < 4.78 is 11.5. The molecule has 1 aliphatic heterocycles. The molecule has 27 heavy (non-hydrogen) atoms. The molecular weight excluding hydrogens is 360 g/mol. The Morgan fingerprint density at radius 1 is 1.19 bits per heavy atom. The van der Waals surface area contributed by atoms with Gasteiger partial charge in [-0.1, -0.05) is 43.3 Å². The summed E-state index contributed by atoms with van der Waals surface area (Å²) in [5.41, 5.74) is 2.49. The lowest BCUT2D eigenvalue weighted by molar-refractivity contribution is 0.266. The number of hydrogen-bond donors (Lipinski definition) is 1. The van der Waals surface area contributed by atoms with Gasteiger partial charge in [-0.05, 0) is 36.8 Å². The third-order valence-electron chi connectivity index (χ3n) is 4.06. The molecule has 4 rings (SSSR count). The second-order valence-corrected chi connectivity index (χ2v) is 7.12. The molecule has 6 nitrogen and oxygen atoms in total. The van der Waals surface area contributed by atoms with E-state index in [4.69, 9.17) is 9.15 Å². The molecule has 1 N–H and O–H groups in total. The maximum absolute atomic E-state index is 6.12. The van der Waals surface area contributed by atoms with E-state index in [1.54, 1.807) is 18.0 Å². The lowest BCUT2D eigenvalue weighted by Crippen LogP contribution is -2.23. The van der Waals surface area contributed by atoms with Crippen LogP contribution in [0, 0.1) is 0 Å². The number of benzene rings is 1. The van der Waals surface area contributed by atoms with E-state index in [0.29, 0.717) is 16.7 Å². The Kier molecular flexibility index (Phi) is 5.39. The van der Waals surface area contributed by atoms with Crippen molar-refractivity contribution in [2.45, 2.75) is 31.1 Å². The zero-order chi connectivity index (χ0) is 18.5. The minimum absolute atomic E-state index is 0.400. The molecule has 0 aliphatic carbocycles. The van der Waals surface area contributed by atoms with Crippen LogP contribution in [-0.2, 0) is 0 Å². The highest BCUT2D eigenvalue weighted by atomic mass is 32.2. The molecule has 138 valence electrons. The van der Waals surface area contributed by atoms with E-state index in [9.17, 15) is 0 Å². The fraction of sp³-hybridized carbons (Fsp3) is 0.250. The summed E-state index contributed by atoms with van der Waals surface area (Å²) in [5.74, 6) is 2.21. The van der Waals surface area contributed by atoms with Crippen molar-refractivity contribution < 1.29 is 9.15 Å². The van der Waals surface area contributed by atoms with Gasteiger partial charge in [-0.2, -0.15) is 4.98 Å². The number of thioether (sulfide) groups is 1. The minimum atomic E-state index is -0.400. The van der Waals surface area contributed by atoms with Crippen LogP contribution in [0.1, 0.15) is 25.5 Å². The highest BCUT2D eigenvalue weighted by Crippen LogP contribution is 2.36. The summed E-state index contributed by atoms with van der Waals surface area (Å²) >= 11 is 1.60. The lowest BCUT2D eigenvalue weighted by Gasteiger charge is -2.15. The monoisotopic (exact) mass is 380 g/mol. The Labute approximate surface area is 162 Å². The van der Waals surface area contributed by atoms with Gasteiger partial charge in [-0.25, -0.2) is 0 Å². The second kappa shape index (κ2) is 8.26. The first kappa shape index (κ1) is 17.6. The minimum Gasteiger partial charge on any atom is -0.465 e. The molecule has 1 aromatic carbocycles. The van der Waals surface area contributed by atoms with Crippen molar-refractivity contribution in [2.75, 3.05) is 11.1 Å². The number of nitrogens with zero attached hydrogens (tertiary/aromatic N) is 3. The van der Waals surface area contributed by atoms with Gasteiger partial charge in [0, 0.05) is 17.0 Å². The van der Waals surface area contributed by atoms with Crippen LogP contribution in [0.25, 0.3) is 17.3 Å². The van der Waals surface area contributed by atoms with Crippen molar-refractivity contribution in [1.29, 1.82) is 0 Å². The Balaban J connectivity index is 1.66. The van der Waals surface area contributed by atoms with Gasteiger partial charge in [0.15, 0.2) is 11.9 Å². The third-order valence-corrected chi connectivity index (χ3v) is 4.99. The van der Waals surface area contributed by atoms with Gasteiger partial charge in [0.25, 0.3) is 0 Å². The molecule has 0 radical (unpaired) electrons. The average molecular weight is 380 g/mol. The smallest absolute Gasteiger partial charge is 0.247 e. The standard InChI is InChI=1S/C20H20N4O2S/c1-2-3-13-27-20-22-19-18(23-24-20)15-8-4-5-9-16(15)21-17(26-19)11-10-14-7-6-12-25-14/h4-12,17,21H,2-3,13H2,1H3/b11-10+/t17-/m1/s1. The zero-order valence-corrected chi connectivity index (χ0v) is 15.8. The SMILES string of the molecule is CCCCSc1nnc2c(n1)O[C@H](/C=C/c1ccco1)Nc1ccccc1-2. The number of aromatic nitrogens is 3. The van der Waals surface area contributed by atoms with E-state index in [-0.39, 0.29) is 0 Å². The highest BCUT2D eigenvalue weighted by molar-refractivity contribution is 7.99. The first-order valence-electron chi connectivity index (χ1n) is 8.95. The molecule has 0 saturated heterocycles. The van der Waals surface area contributed by atoms with Crippen molar-refractivity contribution in [3.63, 3.8) is 0 Å². The van der Waals surface area contributed by atoms with Crippen LogP contribution < -0.4 is 10.1 Å². The van der Waals surface area contributed by atoms with Crippen LogP contribution in [0.2, 0.25) is 0 Å². The maximum Gasteiger partial charge on any atom is 0.247 e. The Morgan fingerprint density at radius 3 is 2.96 bits per heavy atom. The fourth-order valence-corrected chi connectivity index (χ4v) is 3.55. The van der Waals surface area contributed by atoms with Crippen molar-refractivity contribution >= 4 is 23.5 Å². The number of hydrogen-bond acceptors (Lipinski definition) is 7. The summed E-state index contributed by atoms with van der Waals surface area (Å²) in [6.45, 7) is 2.17. The molecule has 0 amide bonds. The summed E-state index contributed by atoms with van der Waals surface area (Å²) in [5, 5.41) is 12.7. The van der Waals surface area contributed by atoms with Gasteiger partial charge in [0.2, 0.25) is 11.0 Å². The van der Waals surface area contributed by atoms with E-state index in [2.05, 4.69) is 27.4 Å². The van der Waals surface area contributed by atoms with Crippen LogP contribution in [0.15, 0.2) is 58.3 Å². The highest BCUT2D eigenvalue weighted by Gasteiger charge is 2.23. The van der Waals surface area contributed by atoms with Gasteiger partial charge in [-0.15, -0.1) is 10.2 Å². The van der Waals surface area contributed by atoms with Gasteiger partial charge < -0.3 is 14.5 Å². The van der Waals surface area contributed by atoms with E-state index in [0.717, 1.165) is 35.6 Å². The van der Waals surface area contributed by atoms with Gasteiger partial charge in [0.1, 0.15) is 5.76 Å². The number of rotatable bonds is 6. The number of nitrogens with one attached hydrogen (secondary N) is 1. The largest absolute Gasteiger partial charge is 0.465 e. The predicted molar refractivity (Wildman–Crippen MR) is 107 cm³/mol. The van der Waals surface area contributed by atoms with Crippen LogP contribution in [0.5, 0.6) is 5.88 Å². The van der Waals surface area contributed by atoms with E-state index >= 15 is 0 Å². The summed E-state index contributed by atoms with van der Waals surface area (Å²) in [4.78, 5) is 4.61. The molecule has 0 spiro atoms. The first-order valence-corrected chi connectivity index (χ1v) is 9.94. The van der Waals surface area contributed by atoms with Crippen LogP contribution in [0.3, 0.4) is 0 Å². The number of fused-ring (bicyclic) bond motifs is 3.